The first-order valence-corrected chi connectivity index (χ1v) is 7.08. The molecule has 0 aromatic heterocycles. The van der Waals surface area contributed by atoms with E-state index in [-0.39, 0.29) is 0 Å². The average Bonchev–Trinajstić information content (AvgIpc) is 2.09. The Morgan fingerprint density at radius 2 is 1.71 bits per heavy atom. The van der Waals surface area contributed by atoms with Crippen molar-refractivity contribution < 1.29 is 47.7 Å². The lowest BCUT2D eigenvalue weighted by molar-refractivity contribution is -0.132. The van der Waals surface area contributed by atoms with Gasteiger partial charge in [-0.1, -0.05) is 0 Å². The van der Waals surface area contributed by atoms with E-state index in [0.29, 0.717) is 0 Å². The number of aliphatic hydroxyl groups excluding tert-OH is 2. The Bertz CT molecular complexity index is 360. The molecular formula is C5H12O10P2. The fourth-order valence-electron chi connectivity index (χ4n) is 0.691. The molecule has 0 fully saturated rings. The van der Waals surface area contributed by atoms with Crippen molar-refractivity contribution in [1.29, 1.82) is 0 Å². The van der Waals surface area contributed by atoms with E-state index in [1.54, 1.807) is 0 Å². The smallest absolute Gasteiger partial charge is 0.388 e. The number of aliphatic hydroxyl groups is 2. The molecule has 0 aromatic rings. The molecule has 0 saturated carbocycles. The van der Waals surface area contributed by atoms with Gasteiger partial charge in [0.25, 0.3) is 0 Å². The molecule has 0 aromatic carbocycles. The predicted molar refractivity (Wildman–Crippen MR) is 51.6 cm³/mol. The van der Waals surface area contributed by atoms with E-state index in [1.807, 2.05) is 0 Å². The Morgan fingerprint density at radius 3 is 2.06 bits per heavy atom. The van der Waals surface area contributed by atoms with Gasteiger partial charge in [0.1, 0.15) is 12.2 Å². The maximum atomic E-state index is 10.9. The second-order valence-corrected chi connectivity index (χ2v) is 5.79. The molecule has 0 amide bonds. The summed E-state index contributed by atoms with van der Waals surface area (Å²) in [4.78, 5) is 35.8. The minimum Gasteiger partial charge on any atom is -0.388 e. The van der Waals surface area contributed by atoms with Crippen LogP contribution in [-0.4, -0.2) is 49.5 Å². The van der Waals surface area contributed by atoms with Crippen LogP contribution in [0.4, 0.5) is 0 Å². The van der Waals surface area contributed by atoms with Crippen LogP contribution in [0.3, 0.4) is 0 Å². The molecule has 12 heteroatoms. The van der Waals surface area contributed by atoms with Crippen molar-refractivity contribution in [3.63, 3.8) is 0 Å². The predicted octanol–water partition coefficient (Wildman–Crippen LogP) is -1.48. The van der Waals surface area contributed by atoms with Crippen LogP contribution in [0.1, 0.15) is 6.92 Å². The van der Waals surface area contributed by atoms with Gasteiger partial charge in [-0.3, -0.25) is 9.32 Å². The van der Waals surface area contributed by atoms with E-state index < -0.39 is 40.2 Å². The van der Waals surface area contributed by atoms with Crippen LogP contribution in [0.25, 0.3) is 0 Å². The molecule has 102 valence electrons. The standard InChI is InChI=1S/C5H12O10P2/c1-3(6)5(8)4(7)2-14-17(12,13)15-16(9,10)11/h4-5,7-8H,2H2,1H3,(H,12,13)(H2,9,10,11). The normalized spacial score (nSPS) is 19.4. The SMILES string of the molecule is CC(=O)C(O)C(O)COP(=O)(O)OP(=O)(O)O. The zero-order chi connectivity index (χ0) is 13.9. The largest absolute Gasteiger partial charge is 0.481 e. The molecule has 17 heavy (non-hydrogen) atoms. The summed E-state index contributed by atoms with van der Waals surface area (Å²) in [6.45, 7) is -0.0624. The lowest BCUT2D eigenvalue weighted by Gasteiger charge is -2.17. The van der Waals surface area contributed by atoms with Gasteiger partial charge in [-0.2, -0.15) is 4.31 Å². The van der Waals surface area contributed by atoms with Gasteiger partial charge < -0.3 is 24.9 Å². The van der Waals surface area contributed by atoms with Crippen LogP contribution in [0.2, 0.25) is 0 Å². The number of Topliss-reactive ketones (excluding diaryl/α,β-unsaturated/α-hetero) is 1. The van der Waals surface area contributed by atoms with Gasteiger partial charge in [0.2, 0.25) is 0 Å². The van der Waals surface area contributed by atoms with Crippen molar-refractivity contribution in [2.45, 2.75) is 19.1 Å². The van der Waals surface area contributed by atoms with Crippen molar-refractivity contribution in [1.82, 2.24) is 0 Å². The van der Waals surface area contributed by atoms with Crippen LogP contribution in [0.15, 0.2) is 0 Å². The van der Waals surface area contributed by atoms with Crippen LogP contribution in [0.5, 0.6) is 0 Å². The molecule has 0 rings (SSSR count). The number of ketones is 1. The van der Waals surface area contributed by atoms with E-state index in [9.17, 15) is 13.9 Å². The molecule has 0 spiro atoms. The average molecular weight is 294 g/mol. The van der Waals surface area contributed by atoms with Gasteiger partial charge in [-0.25, -0.2) is 9.13 Å². The van der Waals surface area contributed by atoms with Crippen molar-refractivity contribution >= 4 is 21.4 Å². The number of hydrogen-bond acceptors (Lipinski definition) is 7. The quantitative estimate of drug-likeness (QED) is 0.349. The molecule has 0 radical (unpaired) electrons. The number of carbonyl (C=O) groups excluding carboxylic acids is 1. The summed E-state index contributed by atoms with van der Waals surface area (Å²) in [7, 11) is -10.3. The molecule has 3 unspecified atom stereocenters. The highest BCUT2D eigenvalue weighted by atomic mass is 31.3. The Kier molecular flexibility index (Phi) is 6.09. The first-order valence-electron chi connectivity index (χ1n) is 4.05. The van der Waals surface area contributed by atoms with E-state index in [4.69, 9.17) is 24.9 Å². The monoisotopic (exact) mass is 294 g/mol. The maximum Gasteiger partial charge on any atom is 0.481 e. The number of hydrogen-bond donors (Lipinski definition) is 5. The molecule has 0 aliphatic rings. The van der Waals surface area contributed by atoms with Crippen LogP contribution in [0, 0.1) is 0 Å². The number of phosphoric ester groups is 1. The Balaban J connectivity index is 4.33. The third-order valence-electron chi connectivity index (χ3n) is 1.40. The van der Waals surface area contributed by atoms with Gasteiger partial charge >= 0.3 is 15.6 Å². The van der Waals surface area contributed by atoms with E-state index in [2.05, 4.69) is 8.83 Å². The molecular weight excluding hydrogens is 282 g/mol. The zero-order valence-corrected chi connectivity index (χ0v) is 10.3. The lowest BCUT2D eigenvalue weighted by atomic mass is 10.1. The zero-order valence-electron chi connectivity index (χ0n) is 8.53. The third kappa shape index (κ3) is 7.72. The fourth-order valence-corrected chi connectivity index (χ4v) is 2.30. The summed E-state index contributed by atoms with van der Waals surface area (Å²) in [5.74, 6) is -0.815. The maximum absolute atomic E-state index is 10.9. The minimum atomic E-state index is -5.24. The van der Waals surface area contributed by atoms with Crippen LogP contribution >= 0.6 is 15.6 Å². The summed E-state index contributed by atoms with van der Waals surface area (Å²) >= 11 is 0. The first-order chi connectivity index (χ1) is 7.44. The molecule has 3 atom stereocenters. The topological polar surface area (TPSA) is 171 Å². The highest BCUT2D eigenvalue weighted by Crippen LogP contribution is 2.57. The summed E-state index contributed by atoms with van der Waals surface area (Å²) < 4.78 is 28.5. The van der Waals surface area contributed by atoms with E-state index in [1.165, 1.54) is 0 Å². The van der Waals surface area contributed by atoms with E-state index in [0.717, 1.165) is 6.92 Å². The fraction of sp³-hybridized carbons (Fsp3) is 0.800. The number of phosphoric acid groups is 2. The molecule has 0 aliphatic carbocycles. The summed E-state index contributed by atoms with van der Waals surface area (Å²) in [6.07, 6.45) is -3.67. The number of rotatable bonds is 7. The second-order valence-electron chi connectivity index (χ2n) is 2.96. The van der Waals surface area contributed by atoms with Gasteiger partial charge in [0, 0.05) is 0 Å². The van der Waals surface area contributed by atoms with Crippen molar-refractivity contribution in [2.24, 2.45) is 0 Å². The Hall–Kier alpha value is -0.150. The Morgan fingerprint density at radius 1 is 1.24 bits per heavy atom. The Labute approximate surface area is 95.7 Å². The molecule has 5 N–H and O–H groups in total. The van der Waals surface area contributed by atoms with Gasteiger partial charge in [0.15, 0.2) is 5.78 Å². The van der Waals surface area contributed by atoms with Crippen molar-refractivity contribution in [3.8, 4) is 0 Å². The number of carbonyl (C=O) groups is 1. The van der Waals surface area contributed by atoms with Crippen LogP contribution in [-0.2, 0) is 22.8 Å². The molecule has 0 saturated heterocycles. The third-order valence-corrected chi connectivity index (χ3v) is 3.55. The summed E-state index contributed by atoms with van der Waals surface area (Å²) in [5, 5.41) is 18.1. The van der Waals surface area contributed by atoms with Gasteiger partial charge in [-0.15, -0.1) is 0 Å². The van der Waals surface area contributed by atoms with Crippen molar-refractivity contribution in [2.75, 3.05) is 6.61 Å². The van der Waals surface area contributed by atoms with Crippen LogP contribution < -0.4 is 0 Å². The lowest BCUT2D eigenvalue weighted by Crippen LogP contribution is -2.35. The molecule has 0 bridgehead atoms. The van der Waals surface area contributed by atoms with Gasteiger partial charge in [-0.05, 0) is 6.92 Å². The van der Waals surface area contributed by atoms with Crippen molar-refractivity contribution in [3.05, 3.63) is 0 Å². The van der Waals surface area contributed by atoms with Gasteiger partial charge in [0.05, 0.1) is 6.61 Å². The summed E-state index contributed by atoms with van der Waals surface area (Å²) in [5.41, 5.74) is 0. The highest BCUT2D eigenvalue weighted by molar-refractivity contribution is 7.60. The first kappa shape index (κ1) is 16.9. The minimum absolute atomic E-state index is 0.815. The summed E-state index contributed by atoms with van der Waals surface area (Å²) in [6, 6.07) is 0. The molecule has 10 nitrogen and oxygen atoms in total. The molecule has 0 aliphatic heterocycles. The van der Waals surface area contributed by atoms with E-state index >= 15 is 0 Å². The highest BCUT2D eigenvalue weighted by Gasteiger charge is 2.34. The second kappa shape index (κ2) is 6.14. The molecule has 0 heterocycles.